The highest BCUT2D eigenvalue weighted by molar-refractivity contribution is 6.06. The maximum Gasteiger partial charge on any atom is 0.406 e. The molecular weight excluding hydrogens is 580 g/mol. The number of hydrogen-bond donors (Lipinski definition) is 2. The number of fused-ring (bicyclic) bond motifs is 3. The highest BCUT2D eigenvalue weighted by atomic mass is 19.4. The third kappa shape index (κ3) is 4.78. The first-order valence-electron chi connectivity index (χ1n) is 13.4. The number of aromatic nitrogens is 2. The number of carbonyl (C=O) groups is 3. The van der Waals surface area contributed by atoms with E-state index < -0.39 is 77.4 Å². The topological polar surface area (TPSA) is 104 Å². The zero-order valence-corrected chi connectivity index (χ0v) is 22.4. The molecule has 0 radical (unpaired) electrons. The molecule has 1 aromatic carbocycles. The summed E-state index contributed by atoms with van der Waals surface area (Å²) in [6.07, 6.45) is -2.11. The Morgan fingerprint density at radius 3 is 2.60 bits per heavy atom. The minimum Gasteiger partial charge on any atom is -0.340 e. The lowest BCUT2D eigenvalue weighted by Crippen LogP contribution is -2.60. The van der Waals surface area contributed by atoms with Gasteiger partial charge in [-0.2, -0.15) is 13.2 Å². The van der Waals surface area contributed by atoms with E-state index in [2.05, 4.69) is 20.6 Å². The fourth-order valence-electron chi connectivity index (χ4n) is 6.43. The smallest absolute Gasteiger partial charge is 0.340 e. The second-order valence-corrected chi connectivity index (χ2v) is 11.1. The van der Waals surface area contributed by atoms with Gasteiger partial charge in [0, 0.05) is 47.6 Å². The Balaban J connectivity index is 1.28. The lowest BCUT2D eigenvalue weighted by Gasteiger charge is -2.43. The van der Waals surface area contributed by atoms with Crippen molar-refractivity contribution >= 4 is 23.5 Å². The van der Waals surface area contributed by atoms with E-state index in [-0.39, 0.29) is 24.3 Å². The van der Waals surface area contributed by atoms with Crippen molar-refractivity contribution in [1.29, 1.82) is 0 Å². The number of anilines is 1. The average molecular weight is 604 g/mol. The van der Waals surface area contributed by atoms with Crippen molar-refractivity contribution < 1.29 is 40.7 Å². The predicted molar refractivity (Wildman–Crippen MR) is 138 cm³/mol. The van der Waals surface area contributed by atoms with Gasteiger partial charge in [-0.05, 0) is 49.6 Å². The number of amides is 3. The van der Waals surface area contributed by atoms with Crippen molar-refractivity contribution in [3.8, 4) is 0 Å². The van der Waals surface area contributed by atoms with Crippen LogP contribution in [0.15, 0.2) is 42.7 Å². The number of carbonyl (C=O) groups excluding carboxylic acids is 3. The summed E-state index contributed by atoms with van der Waals surface area (Å²) >= 11 is 0. The predicted octanol–water partition coefficient (Wildman–Crippen LogP) is 3.95. The summed E-state index contributed by atoms with van der Waals surface area (Å²) in [6.45, 7) is -0.557. The monoisotopic (exact) mass is 603 g/mol. The number of alkyl halides is 3. The van der Waals surface area contributed by atoms with Crippen molar-refractivity contribution in [1.82, 2.24) is 20.2 Å². The minimum absolute atomic E-state index is 0.0333. The molecular formula is C29H23F6N5O3. The lowest BCUT2D eigenvalue weighted by atomic mass is 9.80. The maximum atomic E-state index is 14.7. The third-order valence-corrected chi connectivity index (χ3v) is 8.52. The van der Waals surface area contributed by atoms with E-state index in [9.17, 15) is 40.7 Å². The van der Waals surface area contributed by atoms with Crippen LogP contribution < -0.4 is 10.6 Å². The SMILES string of the molecule is C[C@H]1[C@@H](c2c(F)ccc(F)c2F)C[C@@H](NC(=O)c2cnc3c(c2)C[C@@]2(C3)C(=O)Nc3ncccc32)C(=O)N1CC(F)(F)F. The van der Waals surface area contributed by atoms with Crippen LogP contribution in [0.25, 0.3) is 0 Å². The van der Waals surface area contributed by atoms with Gasteiger partial charge in [-0.1, -0.05) is 6.07 Å². The first kappa shape index (κ1) is 28.6. The molecule has 1 saturated heterocycles. The number of hydrogen-bond acceptors (Lipinski definition) is 5. The standard InChI is InChI=1S/C29H23F6N5O3/c1-13-16(22-18(30)4-5-19(31)23(22)32)8-20(26(42)40(13)12-29(33,34)35)38-25(41)15-7-14-9-28(10-21(14)37-11-15)17-3-2-6-36-24(17)39-27(28)43/h2-7,11,13,16,20H,8-10,12H2,1H3,(H,38,41)(H,36,39,43)/t13-,16-,20+,28-/m0/s1. The quantitative estimate of drug-likeness (QED) is 0.348. The summed E-state index contributed by atoms with van der Waals surface area (Å²) in [5.74, 6) is -7.38. The molecule has 0 unspecified atom stereocenters. The third-order valence-electron chi connectivity index (χ3n) is 8.52. The normalized spacial score (nSPS) is 24.6. The van der Waals surface area contributed by atoms with Crippen LogP contribution in [-0.2, 0) is 27.8 Å². The largest absolute Gasteiger partial charge is 0.406 e. The first-order chi connectivity index (χ1) is 20.3. The molecule has 3 aromatic rings. The van der Waals surface area contributed by atoms with Gasteiger partial charge in [0.1, 0.15) is 24.2 Å². The summed E-state index contributed by atoms with van der Waals surface area (Å²) < 4.78 is 83.8. The Hall–Kier alpha value is -4.49. The van der Waals surface area contributed by atoms with E-state index in [1.165, 1.54) is 19.2 Å². The fourth-order valence-corrected chi connectivity index (χ4v) is 6.43. The molecule has 14 heteroatoms. The molecule has 8 nitrogen and oxygen atoms in total. The van der Waals surface area contributed by atoms with Crippen LogP contribution in [-0.4, -0.2) is 57.4 Å². The minimum atomic E-state index is -4.86. The molecule has 0 saturated carbocycles. The highest BCUT2D eigenvalue weighted by Gasteiger charge is 2.52. The van der Waals surface area contributed by atoms with Gasteiger partial charge in [0.05, 0.1) is 11.0 Å². The molecule has 1 aliphatic carbocycles. The summed E-state index contributed by atoms with van der Waals surface area (Å²) in [7, 11) is 0. The van der Waals surface area contributed by atoms with E-state index >= 15 is 0 Å². The Bertz CT molecular complexity index is 1680. The zero-order valence-electron chi connectivity index (χ0n) is 22.4. The number of benzene rings is 1. The molecule has 0 bridgehead atoms. The molecule has 4 heterocycles. The van der Waals surface area contributed by atoms with Gasteiger partial charge < -0.3 is 15.5 Å². The Morgan fingerprint density at radius 1 is 1.12 bits per heavy atom. The van der Waals surface area contributed by atoms with Crippen LogP contribution in [0, 0.1) is 17.5 Å². The van der Waals surface area contributed by atoms with Crippen molar-refractivity contribution in [3.05, 3.63) is 88.1 Å². The first-order valence-corrected chi connectivity index (χ1v) is 13.4. The molecule has 1 fully saturated rings. The second-order valence-electron chi connectivity index (χ2n) is 11.1. The van der Waals surface area contributed by atoms with Gasteiger partial charge in [0.2, 0.25) is 11.8 Å². The summed E-state index contributed by atoms with van der Waals surface area (Å²) in [4.78, 5) is 48.4. The second kappa shape index (κ2) is 10.1. The molecule has 6 rings (SSSR count). The highest BCUT2D eigenvalue weighted by Crippen LogP contribution is 2.46. The van der Waals surface area contributed by atoms with Crippen LogP contribution >= 0.6 is 0 Å². The molecule has 4 atom stereocenters. The number of rotatable bonds is 4. The van der Waals surface area contributed by atoms with Crippen molar-refractivity contribution in [3.63, 3.8) is 0 Å². The molecule has 43 heavy (non-hydrogen) atoms. The van der Waals surface area contributed by atoms with E-state index in [1.807, 2.05) is 0 Å². The van der Waals surface area contributed by atoms with E-state index in [1.54, 1.807) is 18.3 Å². The Kier molecular flexibility index (Phi) is 6.69. The van der Waals surface area contributed by atoms with E-state index in [0.717, 1.165) is 0 Å². The summed E-state index contributed by atoms with van der Waals surface area (Å²) in [5, 5.41) is 5.14. The number of pyridine rings is 2. The molecule has 224 valence electrons. The van der Waals surface area contributed by atoms with Gasteiger partial charge in [-0.25, -0.2) is 18.2 Å². The zero-order chi connectivity index (χ0) is 30.8. The average Bonchev–Trinajstić information content (AvgIpc) is 3.47. The molecule has 1 spiro atoms. The van der Waals surface area contributed by atoms with E-state index in [0.29, 0.717) is 39.7 Å². The molecule has 2 aliphatic heterocycles. The van der Waals surface area contributed by atoms with Crippen LogP contribution in [0.4, 0.5) is 32.2 Å². The van der Waals surface area contributed by atoms with Crippen LogP contribution in [0.5, 0.6) is 0 Å². The van der Waals surface area contributed by atoms with Gasteiger partial charge >= 0.3 is 6.18 Å². The Morgan fingerprint density at radius 2 is 1.86 bits per heavy atom. The van der Waals surface area contributed by atoms with Crippen LogP contribution in [0.1, 0.15) is 52.0 Å². The number of piperidine rings is 1. The van der Waals surface area contributed by atoms with Gasteiger partial charge in [-0.3, -0.25) is 19.4 Å². The van der Waals surface area contributed by atoms with Crippen molar-refractivity contribution in [2.45, 2.75) is 55.8 Å². The Labute approximate surface area is 240 Å². The number of nitrogens with zero attached hydrogens (tertiary/aromatic N) is 3. The van der Waals surface area contributed by atoms with Crippen molar-refractivity contribution in [2.24, 2.45) is 0 Å². The molecule has 3 amide bonds. The number of likely N-dealkylation sites (tertiary alicyclic amines) is 1. The van der Waals surface area contributed by atoms with Crippen molar-refractivity contribution in [2.75, 3.05) is 11.9 Å². The summed E-state index contributed by atoms with van der Waals surface area (Å²) in [6, 6.07) is 3.19. The van der Waals surface area contributed by atoms with Crippen LogP contribution in [0.3, 0.4) is 0 Å². The molecule has 3 aliphatic rings. The number of nitrogens with one attached hydrogen (secondary N) is 2. The van der Waals surface area contributed by atoms with Gasteiger partial charge in [-0.15, -0.1) is 0 Å². The van der Waals surface area contributed by atoms with E-state index in [4.69, 9.17) is 0 Å². The maximum absolute atomic E-state index is 14.7. The number of halogens is 6. The lowest BCUT2D eigenvalue weighted by molar-refractivity contribution is -0.170. The molecule has 2 aromatic heterocycles. The molecule has 2 N–H and O–H groups in total. The van der Waals surface area contributed by atoms with Crippen LogP contribution in [0.2, 0.25) is 0 Å². The van der Waals surface area contributed by atoms with Gasteiger partial charge in [0.25, 0.3) is 5.91 Å². The summed E-state index contributed by atoms with van der Waals surface area (Å²) in [5.41, 5.74) is 0.0460. The fraction of sp³-hybridized carbons (Fsp3) is 0.345. The van der Waals surface area contributed by atoms with Gasteiger partial charge in [0.15, 0.2) is 11.6 Å².